The topological polar surface area (TPSA) is 91.2 Å². The fourth-order valence-electron chi connectivity index (χ4n) is 2.41. The van der Waals surface area contributed by atoms with Gasteiger partial charge in [-0.25, -0.2) is 18.6 Å². The number of aliphatic imine (C=N–C) groups is 2. The van der Waals surface area contributed by atoms with Crippen molar-refractivity contribution in [3.63, 3.8) is 0 Å². The summed E-state index contributed by atoms with van der Waals surface area (Å²) in [5.41, 5.74) is -0.331. The van der Waals surface area contributed by atoms with Crippen LogP contribution in [0.5, 0.6) is 0 Å². The van der Waals surface area contributed by atoms with Gasteiger partial charge in [-0.05, 0) is 18.2 Å². The predicted molar refractivity (Wildman–Crippen MR) is 84.4 cm³/mol. The first kappa shape index (κ1) is 16.6. The monoisotopic (exact) mass is 346 g/mol. The Morgan fingerprint density at radius 1 is 1.28 bits per heavy atom. The highest BCUT2D eigenvalue weighted by Gasteiger charge is 2.36. The van der Waals surface area contributed by atoms with Crippen molar-refractivity contribution < 1.29 is 23.2 Å². The molecule has 2 aliphatic heterocycles. The van der Waals surface area contributed by atoms with Crippen LogP contribution in [-0.2, 0) is 4.79 Å². The molecule has 0 aromatic heterocycles. The number of hydrogen-bond donors (Lipinski definition) is 1. The highest BCUT2D eigenvalue weighted by molar-refractivity contribution is 6.19. The summed E-state index contributed by atoms with van der Waals surface area (Å²) in [5.74, 6) is -3.66. The Balaban J connectivity index is 1.62. The molecule has 0 radical (unpaired) electrons. The highest BCUT2D eigenvalue weighted by Crippen LogP contribution is 2.18. The van der Waals surface area contributed by atoms with Crippen molar-refractivity contribution in [3.05, 3.63) is 47.5 Å². The number of rotatable bonds is 4. The van der Waals surface area contributed by atoms with Gasteiger partial charge in [-0.3, -0.25) is 14.5 Å². The van der Waals surface area contributed by atoms with Crippen LogP contribution in [0.4, 0.5) is 13.6 Å². The summed E-state index contributed by atoms with van der Waals surface area (Å²) in [4.78, 5) is 44.6. The van der Waals surface area contributed by atoms with E-state index in [2.05, 4.69) is 15.3 Å². The molecule has 1 atom stereocenters. The molecule has 2 aliphatic rings. The fourth-order valence-corrected chi connectivity index (χ4v) is 2.41. The number of urea groups is 1. The second-order valence-corrected chi connectivity index (χ2v) is 5.26. The van der Waals surface area contributed by atoms with E-state index in [4.69, 9.17) is 0 Å². The molecule has 0 saturated heterocycles. The molecule has 3 rings (SSSR count). The maximum Gasteiger partial charge on any atom is 0.352 e. The molecular weight excluding hydrogens is 334 g/mol. The Kier molecular flexibility index (Phi) is 4.46. The molecule has 0 bridgehead atoms. The molecule has 7 nitrogen and oxygen atoms in total. The molecule has 1 aromatic carbocycles. The quantitative estimate of drug-likeness (QED) is 0.891. The highest BCUT2D eigenvalue weighted by atomic mass is 19.1. The lowest BCUT2D eigenvalue weighted by Gasteiger charge is -2.27. The minimum atomic E-state index is -0.998. The van der Waals surface area contributed by atoms with Gasteiger partial charge in [-0.15, -0.1) is 0 Å². The smallest absolute Gasteiger partial charge is 0.350 e. The van der Waals surface area contributed by atoms with Crippen LogP contribution in [0.2, 0.25) is 0 Å². The maximum atomic E-state index is 13.5. The van der Waals surface area contributed by atoms with E-state index in [9.17, 15) is 23.2 Å². The Morgan fingerprint density at radius 3 is 2.84 bits per heavy atom. The first-order valence-electron chi connectivity index (χ1n) is 7.35. The number of benzene rings is 1. The number of amides is 4. The standard InChI is InChI=1S/C16H12F2N4O3/c17-9-3-4-10(12(18)8-9)14(23)20-6-7-22-15(24)11-2-1-5-19-13(11)21-16(22)25/h1-5,8,11H,6-7H2,(H,20,23). The molecule has 1 aromatic rings. The normalized spacial score (nSPS) is 18.9. The molecule has 1 unspecified atom stereocenters. The average molecular weight is 346 g/mol. The van der Waals surface area contributed by atoms with E-state index in [1.165, 1.54) is 6.21 Å². The van der Waals surface area contributed by atoms with Crippen molar-refractivity contribution in [2.24, 2.45) is 15.9 Å². The number of imide groups is 1. The molecular formula is C16H12F2N4O3. The van der Waals surface area contributed by atoms with E-state index < -0.39 is 35.4 Å². The average Bonchev–Trinajstić information content (AvgIpc) is 2.57. The van der Waals surface area contributed by atoms with Crippen LogP contribution in [0.25, 0.3) is 0 Å². The van der Waals surface area contributed by atoms with Crippen LogP contribution in [0.15, 0.2) is 40.3 Å². The number of nitrogens with zero attached hydrogens (tertiary/aromatic N) is 3. The largest absolute Gasteiger partial charge is 0.352 e. The fraction of sp³-hybridized carbons (Fsp3) is 0.188. The molecule has 1 N–H and O–H groups in total. The predicted octanol–water partition coefficient (Wildman–Crippen LogP) is 1.31. The number of dihydropyridines is 1. The van der Waals surface area contributed by atoms with E-state index >= 15 is 0 Å². The van der Waals surface area contributed by atoms with Crippen LogP contribution in [-0.4, -0.2) is 47.9 Å². The molecule has 4 amide bonds. The van der Waals surface area contributed by atoms with Crippen molar-refractivity contribution in [2.75, 3.05) is 13.1 Å². The molecule has 25 heavy (non-hydrogen) atoms. The van der Waals surface area contributed by atoms with Crippen molar-refractivity contribution in [3.8, 4) is 0 Å². The van der Waals surface area contributed by atoms with Gasteiger partial charge in [-0.1, -0.05) is 6.08 Å². The summed E-state index contributed by atoms with van der Waals surface area (Å²) in [6.07, 6.45) is 4.58. The Labute approximate surface area is 140 Å². The van der Waals surface area contributed by atoms with Gasteiger partial charge in [0.15, 0.2) is 0 Å². The lowest BCUT2D eigenvalue weighted by molar-refractivity contribution is -0.129. The number of nitrogens with one attached hydrogen (secondary N) is 1. The number of halogens is 2. The zero-order chi connectivity index (χ0) is 18.0. The van der Waals surface area contributed by atoms with Gasteiger partial charge < -0.3 is 5.32 Å². The van der Waals surface area contributed by atoms with E-state index in [1.807, 2.05) is 0 Å². The molecule has 2 heterocycles. The molecule has 128 valence electrons. The second kappa shape index (κ2) is 6.71. The molecule has 0 fully saturated rings. The number of amidine groups is 1. The molecule has 9 heteroatoms. The second-order valence-electron chi connectivity index (χ2n) is 5.26. The number of allylic oxidation sites excluding steroid dienone is 1. The zero-order valence-electron chi connectivity index (χ0n) is 12.8. The van der Waals surface area contributed by atoms with Gasteiger partial charge in [0.05, 0.1) is 5.56 Å². The van der Waals surface area contributed by atoms with Crippen LogP contribution in [0.3, 0.4) is 0 Å². The Hall–Kier alpha value is -3.23. The summed E-state index contributed by atoms with van der Waals surface area (Å²) >= 11 is 0. The maximum absolute atomic E-state index is 13.5. The van der Waals surface area contributed by atoms with E-state index in [0.717, 1.165) is 17.0 Å². The zero-order valence-corrected chi connectivity index (χ0v) is 12.8. The van der Waals surface area contributed by atoms with Gasteiger partial charge in [0, 0.05) is 25.4 Å². The summed E-state index contributed by atoms with van der Waals surface area (Å²) in [6, 6.07) is 1.80. The number of fused-ring (bicyclic) bond motifs is 1. The first-order chi connectivity index (χ1) is 12.0. The number of hydrogen-bond acceptors (Lipinski definition) is 4. The van der Waals surface area contributed by atoms with Crippen molar-refractivity contribution >= 4 is 29.9 Å². The van der Waals surface area contributed by atoms with Crippen molar-refractivity contribution in [1.82, 2.24) is 10.2 Å². The SMILES string of the molecule is O=C(NCCN1C(=O)N=C2N=CC=CC2C1=O)c1ccc(F)cc1F. The number of carbonyl (C=O) groups is 3. The third-order valence-electron chi connectivity index (χ3n) is 3.64. The summed E-state index contributed by atoms with van der Waals surface area (Å²) in [6.45, 7) is -0.227. The van der Waals surface area contributed by atoms with Gasteiger partial charge >= 0.3 is 6.03 Å². The van der Waals surface area contributed by atoms with Crippen LogP contribution in [0.1, 0.15) is 10.4 Å². The van der Waals surface area contributed by atoms with Gasteiger partial charge in [0.2, 0.25) is 5.91 Å². The summed E-state index contributed by atoms with van der Waals surface area (Å²) < 4.78 is 26.4. The summed E-state index contributed by atoms with van der Waals surface area (Å²) in [5, 5.41) is 2.38. The van der Waals surface area contributed by atoms with E-state index in [1.54, 1.807) is 12.2 Å². The molecule has 0 spiro atoms. The van der Waals surface area contributed by atoms with Crippen LogP contribution in [0, 0.1) is 17.6 Å². The van der Waals surface area contributed by atoms with Gasteiger partial charge in [0.25, 0.3) is 5.91 Å². The first-order valence-corrected chi connectivity index (χ1v) is 7.35. The van der Waals surface area contributed by atoms with E-state index in [0.29, 0.717) is 6.07 Å². The third kappa shape index (κ3) is 3.35. The van der Waals surface area contributed by atoms with E-state index in [-0.39, 0.29) is 24.5 Å². The third-order valence-corrected chi connectivity index (χ3v) is 3.64. The molecule has 0 saturated carbocycles. The van der Waals surface area contributed by atoms with Crippen LogP contribution >= 0.6 is 0 Å². The van der Waals surface area contributed by atoms with Gasteiger partial charge in [0.1, 0.15) is 23.4 Å². The Bertz CT molecular complexity index is 848. The van der Waals surface area contributed by atoms with Gasteiger partial charge in [-0.2, -0.15) is 4.99 Å². The lowest BCUT2D eigenvalue weighted by Crippen LogP contribution is -2.48. The Morgan fingerprint density at radius 2 is 2.08 bits per heavy atom. The summed E-state index contributed by atoms with van der Waals surface area (Å²) in [7, 11) is 0. The van der Waals surface area contributed by atoms with Crippen molar-refractivity contribution in [2.45, 2.75) is 0 Å². The minimum Gasteiger partial charge on any atom is -0.350 e. The number of carbonyl (C=O) groups excluding carboxylic acids is 3. The molecule has 0 aliphatic carbocycles. The minimum absolute atomic E-state index is 0.0995. The lowest BCUT2D eigenvalue weighted by atomic mass is 10.0. The van der Waals surface area contributed by atoms with Crippen molar-refractivity contribution in [1.29, 1.82) is 0 Å². The van der Waals surface area contributed by atoms with Crippen LogP contribution < -0.4 is 5.32 Å².